The highest BCUT2D eigenvalue weighted by atomic mass is 14.5. The largest absolute Gasteiger partial charge is 0.330 e. The van der Waals surface area contributed by atoms with Gasteiger partial charge in [-0.05, 0) is 49.4 Å². The summed E-state index contributed by atoms with van der Waals surface area (Å²) in [6, 6.07) is 6.50. The van der Waals surface area contributed by atoms with Crippen LogP contribution >= 0.6 is 0 Å². The lowest BCUT2D eigenvalue weighted by Gasteiger charge is -2.15. The van der Waals surface area contributed by atoms with Gasteiger partial charge in [-0.15, -0.1) is 0 Å². The molecule has 0 aliphatic carbocycles. The van der Waals surface area contributed by atoms with Crippen molar-refractivity contribution < 1.29 is 0 Å². The molecule has 1 atom stereocenters. The van der Waals surface area contributed by atoms with Gasteiger partial charge < -0.3 is 5.73 Å². The van der Waals surface area contributed by atoms with E-state index in [1.807, 2.05) is 0 Å². The molecule has 0 aromatic heterocycles. The average Bonchev–Trinajstić information content (AvgIpc) is 2.10. The minimum atomic E-state index is 0.588. The van der Waals surface area contributed by atoms with Crippen LogP contribution in [0.15, 0.2) is 18.2 Å². The van der Waals surface area contributed by atoms with Crippen molar-refractivity contribution in [3.8, 4) is 0 Å². The maximum atomic E-state index is 5.55. The molecule has 1 unspecified atom stereocenters. The molecule has 1 aromatic carbocycles. The van der Waals surface area contributed by atoms with Crippen LogP contribution in [-0.2, 0) is 0 Å². The minimum absolute atomic E-state index is 0.588. The van der Waals surface area contributed by atoms with Crippen molar-refractivity contribution in [1.29, 1.82) is 0 Å². The van der Waals surface area contributed by atoms with Gasteiger partial charge in [-0.25, -0.2) is 0 Å². The van der Waals surface area contributed by atoms with E-state index in [0.717, 1.165) is 13.0 Å². The van der Waals surface area contributed by atoms with E-state index in [9.17, 15) is 0 Å². The Hall–Kier alpha value is -0.820. The van der Waals surface area contributed by atoms with Crippen molar-refractivity contribution in [2.45, 2.75) is 33.1 Å². The fourth-order valence-electron chi connectivity index (χ4n) is 1.71. The maximum absolute atomic E-state index is 5.55. The summed E-state index contributed by atoms with van der Waals surface area (Å²) in [5, 5.41) is 0. The molecule has 0 fully saturated rings. The second-order valence-electron chi connectivity index (χ2n) is 3.77. The van der Waals surface area contributed by atoms with Gasteiger partial charge in [-0.3, -0.25) is 0 Å². The van der Waals surface area contributed by atoms with Gasteiger partial charge >= 0.3 is 0 Å². The van der Waals surface area contributed by atoms with Crippen LogP contribution in [0.1, 0.15) is 36.0 Å². The second-order valence-corrected chi connectivity index (χ2v) is 3.77. The summed E-state index contributed by atoms with van der Waals surface area (Å²) < 4.78 is 0. The van der Waals surface area contributed by atoms with Crippen LogP contribution in [0.25, 0.3) is 0 Å². The minimum Gasteiger partial charge on any atom is -0.330 e. The first kappa shape index (κ1) is 10.3. The third-order valence-electron chi connectivity index (χ3n) is 2.78. The number of nitrogens with two attached hydrogens (primary N) is 1. The number of rotatable bonds is 3. The fourth-order valence-corrected chi connectivity index (χ4v) is 1.71. The summed E-state index contributed by atoms with van der Waals surface area (Å²) in [4.78, 5) is 0. The van der Waals surface area contributed by atoms with Gasteiger partial charge in [-0.1, -0.05) is 25.1 Å². The fraction of sp³-hybridized carbons (Fsp3) is 0.500. The standard InChI is InChI=1S/C12H19N/c1-9-5-4-6-12(11(9)3)10(2)7-8-13/h4-6,10H,7-8,13H2,1-3H3. The first-order valence-corrected chi connectivity index (χ1v) is 4.93. The van der Waals surface area contributed by atoms with Crippen molar-refractivity contribution in [1.82, 2.24) is 0 Å². The van der Waals surface area contributed by atoms with Crippen molar-refractivity contribution in [2.24, 2.45) is 5.73 Å². The Labute approximate surface area is 81.0 Å². The maximum Gasteiger partial charge on any atom is -0.00715 e. The Morgan fingerprint density at radius 2 is 2.00 bits per heavy atom. The molecule has 1 aromatic rings. The van der Waals surface area contributed by atoms with Crippen LogP contribution in [-0.4, -0.2) is 6.54 Å². The van der Waals surface area contributed by atoms with Crippen molar-refractivity contribution in [3.05, 3.63) is 34.9 Å². The number of hydrogen-bond acceptors (Lipinski definition) is 1. The lowest BCUT2D eigenvalue weighted by atomic mass is 9.91. The highest BCUT2D eigenvalue weighted by Gasteiger charge is 2.07. The van der Waals surface area contributed by atoms with Crippen LogP contribution < -0.4 is 5.73 Å². The Balaban J connectivity index is 2.93. The zero-order valence-corrected chi connectivity index (χ0v) is 8.80. The lowest BCUT2D eigenvalue weighted by Crippen LogP contribution is -2.06. The smallest absolute Gasteiger partial charge is 0.00715 e. The normalized spacial score (nSPS) is 12.9. The average molecular weight is 177 g/mol. The lowest BCUT2D eigenvalue weighted by molar-refractivity contribution is 0.685. The third-order valence-corrected chi connectivity index (χ3v) is 2.78. The number of hydrogen-bond donors (Lipinski definition) is 1. The van der Waals surface area contributed by atoms with E-state index in [0.29, 0.717) is 5.92 Å². The van der Waals surface area contributed by atoms with Gasteiger partial charge in [-0.2, -0.15) is 0 Å². The molecule has 1 heteroatoms. The van der Waals surface area contributed by atoms with Crippen LogP contribution in [0.4, 0.5) is 0 Å². The Kier molecular flexibility index (Phi) is 3.49. The molecule has 13 heavy (non-hydrogen) atoms. The van der Waals surface area contributed by atoms with Gasteiger partial charge in [0.1, 0.15) is 0 Å². The van der Waals surface area contributed by atoms with E-state index in [1.54, 1.807) is 0 Å². The summed E-state index contributed by atoms with van der Waals surface area (Å²) in [7, 11) is 0. The van der Waals surface area contributed by atoms with E-state index >= 15 is 0 Å². The van der Waals surface area contributed by atoms with Crippen molar-refractivity contribution in [3.63, 3.8) is 0 Å². The summed E-state index contributed by atoms with van der Waals surface area (Å²) >= 11 is 0. The zero-order valence-electron chi connectivity index (χ0n) is 8.80. The molecule has 1 rings (SSSR count). The predicted octanol–water partition coefficient (Wildman–Crippen LogP) is 2.76. The number of aryl methyl sites for hydroxylation is 1. The molecule has 0 radical (unpaired) electrons. The molecule has 0 aliphatic rings. The first-order valence-electron chi connectivity index (χ1n) is 4.93. The monoisotopic (exact) mass is 177 g/mol. The molecule has 0 bridgehead atoms. The van der Waals surface area contributed by atoms with E-state index in [-0.39, 0.29) is 0 Å². The molecule has 72 valence electrons. The second kappa shape index (κ2) is 4.43. The van der Waals surface area contributed by atoms with E-state index in [4.69, 9.17) is 5.73 Å². The number of benzene rings is 1. The molecule has 2 N–H and O–H groups in total. The summed E-state index contributed by atoms with van der Waals surface area (Å²) in [6.45, 7) is 7.37. The first-order chi connectivity index (χ1) is 6.16. The van der Waals surface area contributed by atoms with Gasteiger partial charge in [0.2, 0.25) is 0 Å². The van der Waals surface area contributed by atoms with Gasteiger partial charge in [0.25, 0.3) is 0 Å². The molecular formula is C12H19N. The van der Waals surface area contributed by atoms with E-state index < -0.39 is 0 Å². The zero-order chi connectivity index (χ0) is 9.84. The van der Waals surface area contributed by atoms with E-state index in [2.05, 4.69) is 39.0 Å². The molecule has 0 amide bonds. The van der Waals surface area contributed by atoms with Gasteiger partial charge in [0.05, 0.1) is 0 Å². The van der Waals surface area contributed by atoms with Crippen LogP contribution in [0.2, 0.25) is 0 Å². The quantitative estimate of drug-likeness (QED) is 0.755. The van der Waals surface area contributed by atoms with Gasteiger partial charge in [0.15, 0.2) is 0 Å². The van der Waals surface area contributed by atoms with E-state index in [1.165, 1.54) is 16.7 Å². The Morgan fingerprint density at radius 3 is 2.62 bits per heavy atom. The molecule has 0 spiro atoms. The van der Waals surface area contributed by atoms with Crippen molar-refractivity contribution in [2.75, 3.05) is 6.54 Å². The predicted molar refractivity (Wildman–Crippen MR) is 58.0 cm³/mol. The molecule has 0 saturated heterocycles. The molecule has 0 aliphatic heterocycles. The molecule has 1 nitrogen and oxygen atoms in total. The SMILES string of the molecule is Cc1cccc(C(C)CCN)c1C. The molecule has 0 saturated carbocycles. The highest BCUT2D eigenvalue weighted by molar-refractivity contribution is 5.35. The summed E-state index contributed by atoms with van der Waals surface area (Å²) in [5.74, 6) is 0.588. The summed E-state index contributed by atoms with van der Waals surface area (Å²) in [6.07, 6.45) is 1.07. The van der Waals surface area contributed by atoms with Crippen LogP contribution in [0.5, 0.6) is 0 Å². The topological polar surface area (TPSA) is 26.0 Å². The Bertz CT molecular complexity index is 278. The third kappa shape index (κ3) is 2.31. The van der Waals surface area contributed by atoms with Gasteiger partial charge in [0, 0.05) is 0 Å². The highest BCUT2D eigenvalue weighted by Crippen LogP contribution is 2.23. The summed E-state index contributed by atoms with van der Waals surface area (Å²) in [5.41, 5.74) is 9.80. The molecular weight excluding hydrogens is 158 g/mol. The van der Waals surface area contributed by atoms with Crippen LogP contribution in [0, 0.1) is 13.8 Å². The Morgan fingerprint density at radius 1 is 1.31 bits per heavy atom. The molecule has 0 heterocycles. The van der Waals surface area contributed by atoms with Crippen LogP contribution in [0.3, 0.4) is 0 Å². The van der Waals surface area contributed by atoms with Crippen molar-refractivity contribution >= 4 is 0 Å².